The maximum Gasteiger partial charge on any atom is 0.271 e. The maximum absolute atomic E-state index is 12.1. The Morgan fingerprint density at radius 1 is 1.12 bits per heavy atom. The summed E-state index contributed by atoms with van der Waals surface area (Å²) < 4.78 is 0. The number of carbonyl (C=O) groups excluding carboxylic acids is 1. The normalized spacial score (nSPS) is 11.5. The van der Waals surface area contributed by atoms with Crippen molar-refractivity contribution in [1.29, 1.82) is 0 Å². The molecule has 0 aromatic heterocycles. The van der Waals surface area contributed by atoms with E-state index in [0.29, 0.717) is 16.3 Å². The van der Waals surface area contributed by atoms with Gasteiger partial charge in [-0.1, -0.05) is 45.4 Å². The second-order valence-corrected chi connectivity index (χ2v) is 7.00. The van der Waals surface area contributed by atoms with Crippen LogP contribution in [0.4, 0.5) is 0 Å². The largest absolute Gasteiger partial charge is 0.507 e. The number of rotatable bonds is 5. The molecule has 0 saturated carbocycles. The molecule has 0 unspecified atom stereocenters. The zero-order valence-electron chi connectivity index (χ0n) is 14.9. The van der Waals surface area contributed by atoms with Crippen LogP contribution in [-0.4, -0.2) is 17.2 Å². The molecule has 0 fully saturated rings. The van der Waals surface area contributed by atoms with Crippen molar-refractivity contribution in [3.8, 4) is 5.75 Å². The molecule has 0 atom stereocenters. The van der Waals surface area contributed by atoms with Gasteiger partial charge in [-0.2, -0.15) is 5.10 Å². The number of carbonyl (C=O) groups is 1. The van der Waals surface area contributed by atoms with Crippen molar-refractivity contribution in [2.24, 2.45) is 5.10 Å². The molecule has 0 aliphatic rings. The van der Waals surface area contributed by atoms with E-state index in [2.05, 4.69) is 10.5 Å². The highest BCUT2D eigenvalue weighted by Crippen LogP contribution is 2.34. The second kappa shape index (κ2) is 8.17. The van der Waals surface area contributed by atoms with Crippen molar-refractivity contribution >= 4 is 23.7 Å². The summed E-state index contributed by atoms with van der Waals surface area (Å²) in [5, 5.41) is 14.9. The van der Waals surface area contributed by atoms with Crippen molar-refractivity contribution in [3.63, 3.8) is 0 Å². The van der Waals surface area contributed by atoms with Gasteiger partial charge in [0.1, 0.15) is 5.75 Å². The first-order valence-electron chi connectivity index (χ1n) is 8.25. The lowest BCUT2D eigenvalue weighted by molar-refractivity contribution is 0.0955. The summed E-state index contributed by atoms with van der Waals surface area (Å²) in [5.41, 5.74) is 5.51. The molecule has 0 radical (unpaired) electrons. The molecule has 0 saturated heterocycles. The number of hydrogen-bond acceptors (Lipinski definition) is 3. The van der Waals surface area contributed by atoms with E-state index in [1.54, 1.807) is 30.5 Å². The van der Waals surface area contributed by atoms with Gasteiger partial charge in [-0.05, 0) is 58.9 Å². The van der Waals surface area contributed by atoms with Gasteiger partial charge in [0.2, 0.25) is 0 Å². The van der Waals surface area contributed by atoms with Crippen LogP contribution in [0.15, 0.2) is 41.5 Å². The lowest BCUT2D eigenvalue weighted by Crippen LogP contribution is -2.17. The molecule has 2 N–H and O–H groups in total. The van der Waals surface area contributed by atoms with Gasteiger partial charge in [0.05, 0.1) is 6.21 Å². The molecule has 2 aromatic carbocycles. The third kappa shape index (κ3) is 4.83. The van der Waals surface area contributed by atoms with Gasteiger partial charge in [-0.3, -0.25) is 4.79 Å². The number of hydrogen-bond donors (Lipinski definition) is 2. The molecular weight excluding hydrogens is 336 g/mol. The van der Waals surface area contributed by atoms with E-state index in [1.165, 1.54) is 0 Å². The highest BCUT2D eigenvalue weighted by atomic mass is 35.5. The van der Waals surface area contributed by atoms with Gasteiger partial charge in [-0.25, -0.2) is 5.43 Å². The summed E-state index contributed by atoms with van der Waals surface area (Å²) in [6.45, 7) is 8.12. The average Bonchev–Trinajstić information content (AvgIpc) is 2.55. The van der Waals surface area contributed by atoms with Gasteiger partial charge in [-0.15, -0.1) is 0 Å². The molecule has 2 aromatic rings. The molecule has 0 spiro atoms. The van der Waals surface area contributed by atoms with Crippen LogP contribution >= 0.6 is 11.6 Å². The van der Waals surface area contributed by atoms with E-state index in [1.807, 2.05) is 39.8 Å². The second-order valence-electron chi connectivity index (χ2n) is 6.57. The van der Waals surface area contributed by atoms with E-state index in [9.17, 15) is 9.90 Å². The minimum absolute atomic E-state index is 0.187. The van der Waals surface area contributed by atoms with Crippen LogP contribution in [0.1, 0.15) is 66.6 Å². The molecule has 1 amide bonds. The summed E-state index contributed by atoms with van der Waals surface area (Å²) in [4.78, 5) is 12.1. The fourth-order valence-electron chi connectivity index (χ4n) is 2.52. The fourth-order valence-corrected chi connectivity index (χ4v) is 2.71. The Hall–Kier alpha value is -2.33. The van der Waals surface area contributed by atoms with E-state index < -0.39 is 0 Å². The van der Waals surface area contributed by atoms with Crippen molar-refractivity contribution in [3.05, 3.63) is 63.7 Å². The van der Waals surface area contributed by atoms with Gasteiger partial charge in [0, 0.05) is 10.6 Å². The number of phenolic OH excluding ortho intramolecular Hbond substituents is 1. The third-order valence-electron chi connectivity index (χ3n) is 3.90. The van der Waals surface area contributed by atoms with Crippen LogP contribution in [0.2, 0.25) is 5.02 Å². The number of benzene rings is 2. The molecule has 0 aliphatic carbocycles. The highest BCUT2D eigenvalue weighted by molar-refractivity contribution is 6.30. The standard InChI is InChI=1S/C20H23ClN2O2/c1-12(2)17-8-14(9-18(13(3)4)19(17)24)11-22-23-20(25)15-6-5-7-16(21)10-15/h5-13,24H,1-4H3,(H,23,25)/b22-11-. The van der Waals surface area contributed by atoms with E-state index >= 15 is 0 Å². The number of amides is 1. The van der Waals surface area contributed by atoms with Crippen LogP contribution in [0, 0.1) is 0 Å². The quantitative estimate of drug-likeness (QED) is 0.580. The number of phenols is 1. The predicted octanol–water partition coefficient (Wildman–Crippen LogP) is 5.06. The highest BCUT2D eigenvalue weighted by Gasteiger charge is 2.14. The van der Waals surface area contributed by atoms with Gasteiger partial charge in [0.15, 0.2) is 0 Å². The lowest BCUT2D eigenvalue weighted by atomic mass is 9.92. The molecule has 0 heterocycles. The molecule has 2 rings (SSSR count). The summed E-state index contributed by atoms with van der Waals surface area (Å²) in [5.74, 6) is 0.384. The summed E-state index contributed by atoms with van der Waals surface area (Å²) >= 11 is 5.89. The van der Waals surface area contributed by atoms with Gasteiger partial charge < -0.3 is 5.11 Å². The number of aromatic hydroxyl groups is 1. The zero-order valence-corrected chi connectivity index (χ0v) is 15.6. The first-order valence-corrected chi connectivity index (χ1v) is 8.63. The Balaban J connectivity index is 2.21. The Morgan fingerprint density at radius 2 is 1.72 bits per heavy atom. The molecular formula is C20H23ClN2O2. The van der Waals surface area contributed by atoms with E-state index in [0.717, 1.165) is 16.7 Å². The van der Waals surface area contributed by atoms with E-state index in [-0.39, 0.29) is 17.7 Å². The Labute approximate surface area is 153 Å². The first-order chi connectivity index (χ1) is 11.8. The van der Waals surface area contributed by atoms with Crippen molar-refractivity contribution in [1.82, 2.24) is 5.43 Å². The lowest BCUT2D eigenvalue weighted by Gasteiger charge is -2.16. The maximum atomic E-state index is 12.1. The Bertz CT molecular complexity index is 769. The summed E-state index contributed by atoms with van der Waals surface area (Å²) in [6, 6.07) is 10.5. The average molecular weight is 359 g/mol. The Morgan fingerprint density at radius 3 is 2.24 bits per heavy atom. The molecule has 5 heteroatoms. The van der Waals surface area contributed by atoms with Crippen LogP contribution in [0.3, 0.4) is 0 Å². The zero-order chi connectivity index (χ0) is 18.6. The van der Waals surface area contributed by atoms with Crippen LogP contribution in [0.5, 0.6) is 5.75 Å². The number of nitrogens with zero attached hydrogens (tertiary/aromatic N) is 1. The van der Waals surface area contributed by atoms with Gasteiger partial charge >= 0.3 is 0 Å². The van der Waals surface area contributed by atoms with Crippen LogP contribution < -0.4 is 5.43 Å². The molecule has 132 valence electrons. The van der Waals surface area contributed by atoms with Crippen LogP contribution in [0.25, 0.3) is 0 Å². The molecule has 25 heavy (non-hydrogen) atoms. The predicted molar refractivity (Wildman–Crippen MR) is 103 cm³/mol. The fraction of sp³-hybridized carbons (Fsp3) is 0.300. The SMILES string of the molecule is CC(C)c1cc(/C=N\NC(=O)c2cccc(Cl)c2)cc(C(C)C)c1O. The summed E-state index contributed by atoms with van der Waals surface area (Å²) in [6.07, 6.45) is 1.58. The molecule has 0 aliphatic heterocycles. The minimum Gasteiger partial charge on any atom is -0.507 e. The number of halogens is 1. The van der Waals surface area contributed by atoms with Crippen molar-refractivity contribution < 1.29 is 9.90 Å². The molecule has 4 nitrogen and oxygen atoms in total. The van der Waals surface area contributed by atoms with Crippen molar-refractivity contribution in [2.45, 2.75) is 39.5 Å². The number of nitrogens with one attached hydrogen (secondary N) is 1. The van der Waals surface area contributed by atoms with Crippen molar-refractivity contribution in [2.75, 3.05) is 0 Å². The third-order valence-corrected chi connectivity index (χ3v) is 4.14. The van der Waals surface area contributed by atoms with Gasteiger partial charge in [0.25, 0.3) is 5.91 Å². The first kappa shape index (κ1) is 19.0. The van der Waals surface area contributed by atoms with Crippen LogP contribution in [-0.2, 0) is 0 Å². The smallest absolute Gasteiger partial charge is 0.271 e. The van der Waals surface area contributed by atoms with E-state index in [4.69, 9.17) is 11.6 Å². The topological polar surface area (TPSA) is 61.7 Å². The summed E-state index contributed by atoms with van der Waals surface area (Å²) in [7, 11) is 0. The molecule has 0 bridgehead atoms. The number of hydrazone groups is 1. The minimum atomic E-state index is -0.328. The Kier molecular flexibility index (Phi) is 6.21. The monoisotopic (exact) mass is 358 g/mol.